The summed E-state index contributed by atoms with van der Waals surface area (Å²) in [6, 6.07) is 10.9. The Bertz CT molecular complexity index is 972. The number of aromatic nitrogens is 4. The average Bonchev–Trinajstić information content (AvgIpc) is 3.08. The zero-order valence-electron chi connectivity index (χ0n) is 16.7. The molecule has 2 aromatic heterocycles. The minimum Gasteiger partial charge on any atom is -0.497 e. The highest BCUT2D eigenvalue weighted by atomic mass is 16.5. The van der Waals surface area contributed by atoms with Gasteiger partial charge in [-0.3, -0.25) is 4.79 Å². The molecule has 0 saturated heterocycles. The number of hydrogen-bond donors (Lipinski definition) is 2. The molecule has 1 amide bonds. The Balaban J connectivity index is 1.42. The average molecular weight is 396 g/mol. The summed E-state index contributed by atoms with van der Waals surface area (Å²) in [4.78, 5) is 20.4. The number of benzene rings is 1. The van der Waals surface area contributed by atoms with E-state index in [-0.39, 0.29) is 12.5 Å². The fraction of sp³-hybridized carbons (Fsp3) is 0.300. The van der Waals surface area contributed by atoms with E-state index >= 15 is 0 Å². The molecule has 0 bridgehead atoms. The molecule has 0 spiro atoms. The van der Waals surface area contributed by atoms with Gasteiger partial charge in [-0.1, -0.05) is 6.07 Å². The van der Waals surface area contributed by atoms with Gasteiger partial charge in [0.2, 0.25) is 0 Å². The summed E-state index contributed by atoms with van der Waals surface area (Å²) >= 11 is 0. The zero-order valence-corrected chi connectivity index (χ0v) is 16.7. The van der Waals surface area contributed by atoms with E-state index < -0.39 is 0 Å². The van der Waals surface area contributed by atoms with Gasteiger partial charge in [-0.2, -0.15) is 5.10 Å². The van der Waals surface area contributed by atoms with E-state index in [1.165, 1.54) is 6.33 Å². The highest BCUT2D eigenvalue weighted by Crippen LogP contribution is 2.18. The molecule has 9 heteroatoms. The van der Waals surface area contributed by atoms with Crippen molar-refractivity contribution in [3.05, 3.63) is 54.1 Å². The molecule has 29 heavy (non-hydrogen) atoms. The van der Waals surface area contributed by atoms with E-state index in [0.717, 1.165) is 11.4 Å². The number of carbonyl (C=O) groups excluding carboxylic acids is 1. The summed E-state index contributed by atoms with van der Waals surface area (Å²) < 4.78 is 12.3. The van der Waals surface area contributed by atoms with Crippen LogP contribution in [0.25, 0.3) is 5.82 Å². The molecule has 1 aromatic carbocycles. The van der Waals surface area contributed by atoms with E-state index in [4.69, 9.17) is 9.47 Å². The fourth-order valence-electron chi connectivity index (χ4n) is 2.70. The quantitative estimate of drug-likeness (QED) is 0.533. The molecule has 0 aliphatic rings. The van der Waals surface area contributed by atoms with Crippen molar-refractivity contribution in [2.45, 2.75) is 13.8 Å². The van der Waals surface area contributed by atoms with Gasteiger partial charge in [0.1, 0.15) is 23.6 Å². The summed E-state index contributed by atoms with van der Waals surface area (Å²) in [6.07, 6.45) is 1.48. The van der Waals surface area contributed by atoms with Crippen molar-refractivity contribution in [3.8, 4) is 17.3 Å². The van der Waals surface area contributed by atoms with Crippen molar-refractivity contribution in [1.82, 2.24) is 25.1 Å². The van der Waals surface area contributed by atoms with E-state index in [9.17, 15) is 4.79 Å². The van der Waals surface area contributed by atoms with Crippen molar-refractivity contribution in [3.63, 3.8) is 0 Å². The number of nitrogens with one attached hydrogen (secondary N) is 2. The molecule has 0 fully saturated rings. The minimum atomic E-state index is -0.208. The predicted octanol–water partition coefficient (Wildman–Crippen LogP) is 1.89. The first-order chi connectivity index (χ1) is 14.0. The number of rotatable bonds is 9. The zero-order chi connectivity index (χ0) is 20.6. The first kappa shape index (κ1) is 20.1. The number of aryl methyl sites for hydroxylation is 2. The summed E-state index contributed by atoms with van der Waals surface area (Å²) in [5.41, 5.74) is 1.92. The second-order valence-corrected chi connectivity index (χ2v) is 6.34. The predicted molar refractivity (Wildman–Crippen MR) is 109 cm³/mol. The van der Waals surface area contributed by atoms with Crippen molar-refractivity contribution in [1.29, 1.82) is 0 Å². The van der Waals surface area contributed by atoms with Gasteiger partial charge in [-0.25, -0.2) is 14.6 Å². The summed E-state index contributed by atoms with van der Waals surface area (Å²) in [7, 11) is 1.58. The van der Waals surface area contributed by atoms with Crippen LogP contribution in [0.15, 0.2) is 42.7 Å². The highest BCUT2D eigenvalue weighted by molar-refractivity contribution is 5.77. The standard InChI is InChI=1S/C20H24N6O3/c1-14-9-15(2)26(25-14)19-11-18(23-13-24-19)21-7-8-22-20(27)12-29-17-6-4-5-16(10-17)28-3/h4-6,9-11,13H,7-8,12H2,1-3H3,(H,22,27)(H,21,23,24). The number of ether oxygens (including phenoxy) is 2. The first-order valence-electron chi connectivity index (χ1n) is 9.18. The van der Waals surface area contributed by atoms with Crippen LogP contribution < -0.4 is 20.1 Å². The molecule has 0 aliphatic heterocycles. The van der Waals surface area contributed by atoms with Crippen LogP contribution in [-0.4, -0.2) is 52.5 Å². The smallest absolute Gasteiger partial charge is 0.258 e. The summed E-state index contributed by atoms with van der Waals surface area (Å²) in [6.45, 7) is 4.78. The molecular weight excluding hydrogens is 372 g/mol. The molecule has 2 heterocycles. The Morgan fingerprint density at radius 3 is 2.69 bits per heavy atom. The van der Waals surface area contributed by atoms with Crippen LogP contribution in [0.1, 0.15) is 11.4 Å². The number of hydrogen-bond acceptors (Lipinski definition) is 7. The second kappa shape index (κ2) is 9.54. The van der Waals surface area contributed by atoms with E-state index in [2.05, 4.69) is 25.7 Å². The third-order valence-electron chi connectivity index (χ3n) is 4.04. The van der Waals surface area contributed by atoms with Crippen LogP contribution in [0, 0.1) is 13.8 Å². The van der Waals surface area contributed by atoms with Crippen LogP contribution in [0.2, 0.25) is 0 Å². The summed E-state index contributed by atoms with van der Waals surface area (Å²) in [5.74, 6) is 2.39. The van der Waals surface area contributed by atoms with Crippen LogP contribution in [-0.2, 0) is 4.79 Å². The van der Waals surface area contributed by atoms with Gasteiger partial charge < -0.3 is 20.1 Å². The Labute approximate surface area is 169 Å². The van der Waals surface area contributed by atoms with Crippen LogP contribution in [0.5, 0.6) is 11.5 Å². The largest absolute Gasteiger partial charge is 0.497 e. The van der Waals surface area contributed by atoms with Gasteiger partial charge in [-0.05, 0) is 32.0 Å². The molecule has 0 unspecified atom stereocenters. The number of anilines is 1. The Kier molecular flexibility index (Phi) is 6.62. The van der Waals surface area contributed by atoms with E-state index in [1.54, 1.807) is 30.0 Å². The molecule has 0 saturated carbocycles. The third-order valence-corrected chi connectivity index (χ3v) is 4.04. The van der Waals surface area contributed by atoms with Crippen LogP contribution >= 0.6 is 0 Å². The normalized spacial score (nSPS) is 10.4. The van der Waals surface area contributed by atoms with Gasteiger partial charge >= 0.3 is 0 Å². The molecule has 9 nitrogen and oxygen atoms in total. The lowest BCUT2D eigenvalue weighted by Crippen LogP contribution is -2.32. The SMILES string of the molecule is COc1cccc(OCC(=O)NCCNc2cc(-n3nc(C)cc3C)ncn2)c1. The van der Waals surface area contributed by atoms with Crippen LogP contribution in [0.4, 0.5) is 5.82 Å². The maximum absolute atomic E-state index is 11.9. The highest BCUT2D eigenvalue weighted by Gasteiger charge is 2.07. The Hall–Kier alpha value is -3.62. The number of methoxy groups -OCH3 is 1. The van der Waals surface area contributed by atoms with Gasteiger partial charge in [0, 0.05) is 30.9 Å². The number of carbonyl (C=O) groups is 1. The van der Waals surface area contributed by atoms with Crippen molar-refractivity contribution >= 4 is 11.7 Å². The molecule has 3 rings (SSSR count). The van der Waals surface area contributed by atoms with Gasteiger partial charge in [0.05, 0.1) is 12.8 Å². The molecule has 2 N–H and O–H groups in total. The molecule has 0 aliphatic carbocycles. The van der Waals surface area contributed by atoms with Gasteiger partial charge in [0.25, 0.3) is 5.91 Å². The van der Waals surface area contributed by atoms with Crippen molar-refractivity contribution < 1.29 is 14.3 Å². The van der Waals surface area contributed by atoms with Gasteiger partial charge in [0.15, 0.2) is 12.4 Å². The topological polar surface area (TPSA) is 103 Å². The molecule has 152 valence electrons. The van der Waals surface area contributed by atoms with Crippen molar-refractivity contribution in [2.75, 3.05) is 32.1 Å². The maximum Gasteiger partial charge on any atom is 0.258 e. The third kappa shape index (κ3) is 5.68. The lowest BCUT2D eigenvalue weighted by atomic mass is 10.3. The molecule has 0 radical (unpaired) electrons. The number of nitrogens with zero attached hydrogens (tertiary/aromatic N) is 4. The van der Waals surface area contributed by atoms with Gasteiger partial charge in [-0.15, -0.1) is 0 Å². The Morgan fingerprint density at radius 2 is 1.93 bits per heavy atom. The first-order valence-corrected chi connectivity index (χ1v) is 9.18. The lowest BCUT2D eigenvalue weighted by molar-refractivity contribution is -0.123. The lowest BCUT2D eigenvalue weighted by Gasteiger charge is -2.10. The van der Waals surface area contributed by atoms with Crippen LogP contribution in [0.3, 0.4) is 0 Å². The fourth-order valence-corrected chi connectivity index (χ4v) is 2.70. The van der Waals surface area contributed by atoms with Crippen molar-refractivity contribution in [2.24, 2.45) is 0 Å². The second-order valence-electron chi connectivity index (χ2n) is 6.34. The summed E-state index contributed by atoms with van der Waals surface area (Å²) in [5, 5.41) is 10.4. The molecule has 0 atom stereocenters. The Morgan fingerprint density at radius 1 is 1.10 bits per heavy atom. The monoisotopic (exact) mass is 396 g/mol. The molecule has 3 aromatic rings. The number of amides is 1. The maximum atomic E-state index is 11.9. The van der Waals surface area contributed by atoms with E-state index in [1.807, 2.05) is 32.0 Å². The van der Waals surface area contributed by atoms with E-state index in [0.29, 0.717) is 36.2 Å². The minimum absolute atomic E-state index is 0.0667. The molecular formula is C20H24N6O3.